The molecule has 1 aromatic carbocycles. The third-order valence-electron chi connectivity index (χ3n) is 3.20. The molecule has 0 fully saturated rings. The molecule has 1 rings (SSSR count). The fourth-order valence-electron chi connectivity index (χ4n) is 1.95. The SMILES string of the molecule is CC(N)=O.CCCCCCOC(=O)NCC(=O)NCCc1ccccc1. The molecule has 0 aromatic heterocycles. The first-order valence-corrected chi connectivity index (χ1v) is 8.93. The van der Waals surface area contributed by atoms with Gasteiger partial charge in [-0.25, -0.2) is 4.79 Å². The molecule has 0 radical (unpaired) electrons. The van der Waals surface area contributed by atoms with Crippen LogP contribution in [-0.4, -0.2) is 37.6 Å². The molecule has 7 heteroatoms. The summed E-state index contributed by atoms with van der Waals surface area (Å²) < 4.78 is 4.98. The Kier molecular flexibility index (Phi) is 14.4. The summed E-state index contributed by atoms with van der Waals surface area (Å²) in [5.41, 5.74) is 5.64. The van der Waals surface area contributed by atoms with Crippen LogP contribution in [0.1, 0.15) is 45.1 Å². The molecule has 7 nitrogen and oxygen atoms in total. The Labute approximate surface area is 155 Å². The molecule has 0 bridgehead atoms. The van der Waals surface area contributed by atoms with Gasteiger partial charge in [-0.15, -0.1) is 0 Å². The number of primary amides is 1. The second kappa shape index (κ2) is 15.9. The quantitative estimate of drug-likeness (QED) is 0.552. The van der Waals surface area contributed by atoms with E-state index in [1.807, 2.05) is 30.3 Å². The number of hydrogen-bond acceptors (Lipinski definition) is 4. The minimum absolute atomic E-state index is 0.0530. The predicted octanol–water partition coefficient (Wildman–Crippen LogP) is 2.14. The van der Waals surface area contributed by atoms with Crippen molar-refractivity contribution >= 4 is 17.9 Å². The number of carbonyl (C=O) groups excluding carboxylic acids is 3. The van der Waals surface area contributed by atoms with Gasteiger partial charge in [-0.1, -0.05) is 56.5 Å². The van der Waals surface area contributed by atoms with Crippen LogP contribution in [0.4, 0.5) is 4.79 Å². The Bertz CT molecular complexity index is 517. The van der Waals surface area contributed by atoms with Crippen molar-refractivity contribution in [1.82, 2.24) is 10.6 Å². The topological polar surface area (TPSA) is 111 Å². The van der Waals surface area contributed by atoms with Gasteiger partial charge in [-0.05, 0) is 18.4 Å². The maximum Gasteiger partial charge on any atom is 0.407 e. The molecule has 0 atom stereocenters. The van der Waals surface area contributed by atoms with Crippen molar-refractivity contribution in [2.75, 3.05) is 19.7 Å². The van der Waals surface area contributed by atoms with Crippen molar-refractivity contribution in [2.45, 2.75) is 46.0 Å². The van der Waals surface area contributed by atoms with Gasteiger partial charge >= 0.3 is 6.09 Å². The van der Waals surface area contributed by atoms with E-state index in [0.717, 1.165) is 32.1 Å². The summed E-state index contributed by atoms with van der Waals surface area (Å²) in [5, 5.41) is 5.21. The maximum absolute atomic E-state index is 11.6. The van der Waals surface area contributed by atoms with E-state index in [2.05, 4.69) is 23.3 Å². The number of carbonyl (C=O) groups is 3. The minimum Gasteiger partial charge on any atom is -0.450 e. The lowest BCUT2D eigenvalue weighted by Gasteiger charge is -2.08. The number of benzene rings is 1. The third-order valence-corrected chi connectivity index (χ3v) is 3.20. The van der Waals surface area contributed by atoms with Gasteiger partial charge < -0.3 is 21.1 Å². The van der Waals surface area contributed by atoms with Crippen LogP contribution in [0.3, 0.4) is 0 Å². The number of hydrogen-bond donors (Lipinski definition) is 3. The Morgan fingerprint density at radius 2 is 1.69 bits per heavy atom. The Hall–Kier alpha value is -2.57. The summed E-state index contributed by atoms with van der Waals surface area (Å²) in [6, 6.07) is 9.92. The lowest BCUT2D eigenvalue weighted by molar-refractivity contribution is -0.120. The van der Waals surface area contributed by atoms with E-state index in [0.29, 0.717) is 13.2 Å². The summed E-state index contributed by atoms with van der Waals surface area (Å²) in [4.78, 5) is 32.2. The zero-order valence-corrected chi connectivity index (χ0v) is 15.8. The van der Waals surface area contributed by atoms with Gasteiger partial charge in [0.25, 0.3) is 0 Å². The van der Waals surface area contributed by atoms with Crippen molar-refractivity contribution in [3.8, 4) is 0 Å². The summed E-state index contributed by atoms with van der Waals surface area (Å²) in [5.74, 6) is -0.543. The molecular weight excluding hydrogens is 334 g/mol. The van der Waals surface area contributed by atoms with Gasteiger partial charge in [-0.2, -0.15) is 0 Å². The lowest BCUT2D eigenvalue weighted by atomic mass is 10.1. The van der Waals surface area contributed by atoms with Crippen LogP contribution >= 0.6 is 0 Å². The van der Waals surface area contributed by atoms with Crippen LogP contribution in [0.25, 0.3) is 0 Å². The van der Waals surface area contributed by atoms with Gasteiger partial charge in [0.15, 0.2) is 0 Å². The molecule has 0 saturated heterocycles. The van der Waals surface area contributed by atoms with Crippen molar-refractivity contribution in [3.05, 3.63) is 35.9 Å². The van der Waals surface area contributed by atoms with Crippen LogP contribution in [-0.2, 0) is 20.7 Å². The molecule has 0 heterocycles. The van der Waals surface area contributed by atoms with E-state index in [1.165, 1.54) is 12.5 Å². The first-order valence-electron chi connectivity index (χ1n) is 8.93. The van der Waals surface area contributed by atoms with Crippen LogP contribution < -0.4 is 16.4 Å². The van der Waals surface area contributed by atoms with E-state index in [1.54, 1.807) is 0 Å². The molecule has 0 aliphatic heterocycles. The van der Waals surface area contributed by atoms with Gasteiger partial charge in [0.05, 0.1) is 13.2 Å². The van der Waals surface area contributed by atoms with E-state index >= 15 is 0 Å². The molecule has 0 spiro atoms. The Morgan fingerprint density at radius 3 is 2.31 bits per heavy atom. The molecular formula is C19H31N3O4. The highest BCUT2D eigenvalue weighted by Crippen LogP contribution is 1.99. The summed E-state index contributed by atoms with van der Waals surface area (Å²) >= 11 is 0. The fraction of sp³-hybridized carbons (Fsp3) is 0.526. The van der Waals surface area contributed by atoms with E-state index in [4.69, 9.17) is 4.74 Å². The maximum atomic E-state index is 11.6. The average Bonchev–Trinajstić information content (AvgIpc) is 2.60. The zero-order chi connectivity index (χ0) is 19.6. The fourth-order valence-corrected chi connectivity index (χ4v) is 1.95. The summed E-state index contributed by atoms with van der Waals surface area (Å²) in [6.07, 6.45) is 4.46. The highest BCUT2D eigenvalue weighted by Gasteiger charge is 2.05. The van der Waals surface area contributed by atoms with E-state index in [-0.39, 0.29) is 18.4 Å². The number of amides is 3. The average molecular weight is 365 g/mol. The van der Waals surface area contributed by atoms with Crippen LogP contribution in [0.2, 0.25) is 0 Å². The van der Waals surface area contributed by atoms with Crippen LogP contribution in [0, 0.1) is 0 Å². The Morgan fingerprint density at radius 1 is 1.04 bits per heavy atom. The normalized spacial score (nSPS) is 9.46. The second-order valence-electron chi connectivity index (χ2n) is 5.75. The van der Waals surface area contributed by atoms with Gasteiger partial charge in [0.2, 0.25) is 11.8 Å². The van der Waals surface area contributed by atoms with Gasteiger partial charge in [0, 0.05) is 13.5 Å². The van der Waals surface area contributed by atoms with Crippen LogP contribution in [0.5, 0.6) is 0 Å². The molecule has 146 valence electrons. The molecule has 0 saturated carbocycles. The number of nitrogens with one attached hydrogen (secondary N) is 2. The number of alkyl carbamates (subject to hydrolysis) is 1. The highest BCUT2D eigenvalue weighted by atomic mass is 16.5. The van der Waals surface area contributed by atoms with Crippen molar-refractivity contribution in [1.29, 1.82) is 0 Å². The number of ether oxygens (including phenoxy) is 1. The highest BCUT2D eigenvalue weighted by molar-refractivity contribution is 5.82. The lowest BCUT2D eigenvalue weighted by Crippen LogP contribution is -2.38. The van der Waals surface area contributed by atoms with Gasteiger partial charge in [0.1, 0.15) is 0 Å². The third kappa shape index (κ3) is 16.3. The number of nitrogens with two attached hydrogens (primary N) is 1. The first-order chi connectivity index (χ1) is 12.5. The molecule has 26 heavy (non-hydrogen) atoms. The largest absolute Gasteiger partial charge is 0.450 e. The zero-order valence-electron chi connectivity index (χ0n) is 15.8. The van der Waals surface area contributed by atoms with E-state index in [9.17, 15) is 14.4 Å². The smallest absolute Gasteiger partial charge is 0.407 e. The number of rotatable bonds is 10. The number of unbranched alkanes of at least 4 members (excludes halogenated alkanes) is 3. The van der Waals surface area contributed by atoms with Crippen molar-refractivity contribution in [2.24, 2.45) is 5.73 Å². The Balaban J connectivity index is 0.00000141. The predicted molar refractivity (Wildman–Crippen MR) is 102 cm³/mol. The second-order valence-corrected chi connectivity index (χ2v) is 5.75. The van der Waals surface area contributed by atoms with Crippen molar-refractivity contribution < 1.29 is 19.1 Å². The molecule has 0 aliphatic rings. The van der Waals surface area contributed by atoms with Crippen molar-refractivity contribution in [3.63, 3.8) is 0 Å². The minimum atomic E-state index is -0.533. The molecule has 4 N–H and O–H groups in total. The van der Waals surface area contributed by atoms with Gasteiger partial charge in [-0.3, -0.25) is 9.59 Å². The standard InChI is InChI=1S/C17H26N2O3.C2H5NO/c1-2-3-4-8-13-22-17(21)19-14-16(20)18-12-11-15-9-6-5-7-10-15;1-2(3)4/h5-7,9-10H,2-4,8,11-14H2,1H3,(H,18,20)(H,19,21);1H3,(H2,3,4). The van der Waals surface area contributed by atoms with E-state index < -0.39 is 6.09 Å². The summed E-state index contributed by atoms with van der Waals surface area (Å²) in [6.45, 7) is 4.34. The molecule has 0 aliphatic carbocycles. The molecule has 1 aromatic rings. The molecule has 0 unspecified atom stereocenters. The summed E-state index contributed by atoms with van der Waals surface area (Å²) in [7, 11) is 0. The monoisotopic (exact) mass is 365 g/mol. The first kappa shape index (κ1) is 23.4. The molecule has 3 amide bonds. The van der Waals surface area contributed by atoms with Crippen LogP contribution in [0.15, 0.2) is 30.3 Å².